The van der Waals surface area contributed by atoms with Crippen LogP contribution in [0.25, 0.3) is 0 Å². The third-order valence-electron chi connectivity index (χ3n) is 5.86. The molecular weight excluding hydrogens is 326 g/mol. The number of hydrogen-bond donors (Lipinski definition) is 2. The van der Waals surface area contributed by atoms with Gasteiger partial charge in [0.15, 0.2) is 0 Å². The molecule has 5 nitrogen and oxygen atoms in total. The summed E-state index contributed by atoms with van der Waals surface area (Å²) in [5.74, 6) is 0.681. The lowest BCUT2D eigenvalue weighted by Crippen LogP contribution is -2.52. The zero-order valence-corrected chi connectivity index (χ0v) is 15.6. The zero-order valence-electron chi connectivity index (χ0n) is 14.8. The summed E-state index contributed by atoms with van der Waals surface area (Å²) in [6.45, 7) is 3.73. The SMILES string of the molecule is CC(NC(=O)CC1CCCCC1)C(=O)N1C2CCNCC1CC2.Cl. The number of nitrogens with one attached hydrogen (secondary N) is 2. The highest BCUT2D eigenvalue weighted by Gasteiger charge is 2.39. The van der Waals surface area contributed by atoms with Crippen molar-refractivity contribution in [1.29, 1.82) is 0 Å². The van der Waals surface area contributed by atoms with Crippen LogP contribution >= 0.6 is 12.4 Å². The molecule has 0 aromatic rings. The van der Waals surface area contributed by atoms with E-state index < -0.39 is 6.04 Å². The van der Waals surface area contributed by atoms with Gasteiger partial charge in [-0.1, -0.05) is 19.3 Å². The van der Waals surface area contributed by atoms with Crippen LogP contribution in [0.4, 0.5) is 0 Å². The van der Waals surface area contributed by atoms with E-state index in [2.05, 4.69) is 15.5 Å². The van der Waals surface area contributed by atoms with E-state index in [1.54, 1.807) is 0 Å². The number of carbonyl (C=O) groups excluding carboxylic acids is 2. The first-order valence-corrected chi connectivity index (χ1v) is 9.47. The molecule has 2 amide bonds. The van der Waals surface area contributed by atoms with Crippen LogP contribution in [0.5, 0.6) is 0 Å². The van der Waals surface area contributed by atoms with Crippen LogP contribution in [0.1, 0.15) is 64.7 Å². The number of hydrogen-bond acceptors (Lipinski definition) is 3. The van der Waals surface area contributed by atoms with Gasteiger partial charge >= 0.3 is 0 Å². The number of carbonyl (C=O) groups is 2. The van der Waals surface area contributed by atoms with Gasteiger partial charge in [-0.15, -0.1) is 12.4 Å². The van der Waals surface area contributed by atoms with Gasteiger partial charge in [0.1, 0.15) is 6.04 Å². The standard InChI is InChI=1S/C18H31N3O2.ClH/c1-13(20-17(22)11-14-5-3-2-4-6-14)18(23)21-15-7-8-16(21)12-19-10-9-15;/h13-16,19H,2-12H2,1H3,(H,20,22);1H. The van der Waals surface area contributed by atoms with Crippen molar-refractivity contribution in [3.63, 3.8) is 0 Å². The average Bonchev–Trinajstić information content (AvgIpc) is 2.80. The second-order valence-corrected chi connectivity index (χ2v) is 7.62. The predicted molar refractivity (Wildman–Crippen MR) is 97.2 cm³/mol. The molecule has 0 radical (unpaired) electrons. The van der Waals surface area contributed by atoms with Gasteiger partial charge in [-0.3, -0.25) is 9.59 Å². The molecule has 3 aliphatic rings. The Morgan fingerprint density at radius 2 is 1.79 bits per heavy atom. The summed E-state index contributed by atoms with van der Waals surface area (Å²) in [7, 11) is 0. The van der Waals surface area contributed by atoms with E-state index in [1.165, 1.54) is 19.3 Å². The highest BCUT2D eigenvalue weighted by atomic mass is 35.5. The molecule has 3 unspecified atom stereocenters. The molecule has 1 aliphatic carbocycles. The number of nitrogens with zero attached hydrogens (tertiary/aromatic N) is 1. The molecule has 0 spiro atoms. The normalized spacial score (nSPS) is 28.6. The van der Waals surface area contributed by atoms with Crippen molar-refractivity contribution in [2.24, 2.45) is 5.92 Å². The van der Waals surface area contributed by atoms with Crippen molar-refractivity contribution < 1.29 is 9.59 Å². The molecule has 1 saturated carbocycles. The summed E-state index contributed by atoms with van der Waals surface area (Å²) in [6, 6.07) is 0.278. The Balaban J connectivity index is 0.00000208. The molecule has 2 N–H and O–H groups in total. The molecular formula is C18H32ClN3O2. The molecule has 6 heteroatoms. The molecule has 3 rings (SSSR count). The van der Waals surface area contributed by atoms with Crippen LogP contribution in [-0.2, 0) is 9.59 Å². The number of halogens is 1. The first-order chi connectivity index (χ1) is 11.1. The Bertz CT molecular complexity index is 426. The van der Waals surface area contributed by atoms with Crippen LogP contribution in [-0.4, -0.2) is 47.9 Å². The van der Waals surface area contributed by atoms with Crippen molar-refractivity contribution in [3.8, 4) is 0 Å². The molecule has 2 aliphatic heterocycles. The van der Waals surface area contributed by atoms with E-state index in [1.807, 2.05) is 6.92 Å². The largest absolute Gasteiger partial charge is 0.345 e. The maximum absolute atomic E-state index is 12.8. The first-order valence-electron chi connectivity index (χ1n) is 9.47. The second kappa shape index (κ2) is 9.04. The lowest BCUT2D eigenvalue weighted by Gasteiger charge is -2.31. The smallest absolute Gasteiger partial charge is 0.245 e. The van der Waals surface area contributed by atoms with Crippen LogP contribution < -0.4 is 10.6 Å². The summed E-state index contributed by atoms with van der Waals surface area (Å²) < 4.78 is 0. The molecule has 2 heterocycles. The molecule has 138 valence electrons. The van der Waals surface area contributed by atoms with E-state index in [4.69, 9.17) is 0 Å². The van der Waals surface area contributed by atoms with Crippen molar-refractivity contribution in [2.75, 3.05) is 13.1 Å². The Labute approximate surface area is 151 Å². The van der Waals surface area contributed by atoms with Gasteiger partial charge in [-0.05, 0) is 51.5 Å². The monoisotopic (exact) mass is 357 g/mol. The fourth-order valence-electron chi connectivity index (χ4n) is 4.58. The number of amides is 2. The predicted octanol–water partition coefficient (Wildman–Crippen LogP) is 2.24. The average molecular weight is 358 g/mol. The Morgan fingerprint density at radius 1 is 1.08 bits per heavy atom. The number of rotatable bonds is 4. The van der Waals surface area contributed by atoms with Gasteiger partial charge in [-0.2, -0.15) is 0 Å². The maximum Gasteiger partial charge on any atom is 0.245 e. The lowest BCUT2D eigenvalue weighted by molar-refractivity contribution is -0.138. The quantitative estimate of drug-likeness (QED) is 0.811. The summed E-state index contributed by atoms with van der Waals surface area (Å²) in [6.07, 6.45) is 9.95. The van der Waals surface area contributed by atoms with Crippen LogP contribution in [0, 0.1) is 5.92 Å². The molecule has 0 aromatic carbocycles. The number of fused-ring (bicyclic) bond motifs is 2. The molecule has 2 bridgehead atoms. The lowest BCUT2D eigenvalue weighted by atomic mass is 9.87. The van der Waals surface area contributed by atoms with E-state index in [-0.39, 0.29) is 24.2 Å². The van der Waals surface area contributed by atoms with Crippen molar-refractivity contribution >= 4 is 24.2 Å². The van der Waals surface area contributed by atoms with E-state index in [0.29, 0.717) is 24.4 Å². The van der Waals surface area contributed by atoms with Gasteiger partial charge in [0, 0.05) is 25.0 Å². The fourth-order valence-corrected chi connectivity index (χ4v) is 4.58. The molecule has 2 saturated heterocycles. The minimum absolute atomic E-state index is 0. The topological polar surface area (TPSA) is 61.4 Å². The Hall–Kier alpha value is -0.810. The van der Waals surface area contributed by atoms with Gasteiger partial charge in [0.2, 0.25) is 11.8 Å². The fraction of sp³-hybridized carbons (Fsp3) is 0.889. The maximum atomic E-state index is 12.8. The molecule has 24 heavy (non-hydrogen) atoms. The minimum atomic E-state index is -0.396. The van der Waals surface area contributed by atoms with Gasteiger partial charge in [0.05, 0.1) is 0 Å². The van der Waals surface area contributed by atoms with Crippen LogP contribution in [0.15, 0.2) is 0 Å². The molecule has 3 fully saturated rings. The minimum Gasteiger partial charge on any atom is -0.345 e. The molecule has 3 atom stereocenters. The Kier molecular flexibility index (Phi) is 7.35. The summed E-state index contributed by atoms with van der Waals surface area (Å²) in [5.41, 5.74) is 0. The second-order valence-electron chi connectivity index (χ2n) is 7.62. The van der Waals surface area contributed by atoms with Gasteiger partial charge in [0.25, 0.3) is 0 Å². The van der Waals surface area contributed by atoms with E-state index >= 15 is 0 Å². The highest BCUT2D eigenvalue weighted by Crippen LogP contribution is 2.29. The Morgan fingerprint density at radius 3 is 2.54 bits per heavy atom. The van der Waals surface area contributed by atoms with Crippen molar-refractivity contribution in [3.05, 3.63) is 0 Å². The van der Waals surface area contributed by atoms with Crippen LogP contribution in [0.3, 0.4) is 0 Å². The summed E-state index contributed by atoms with van der Waals surface area (Å²) >= 11 is 0. The third kappa shape index (κ3) is 4.63. The third-order valence-corrected chi connectivity index (χ3v) is 5.86. The van der Waals surface area contributed by atoms with Gasteiger partial charge in [-0.25, -0.2) is 0 Å². The van der Waals surface area contributed by atoms with E-state index in [9.17, 15) is 9.59 Å². The van der Waals surface area contributed by atoms with Gasteiger partial charge < -0.3 is 15.5 Å². The van der Waals surface area contributed by atoms with Crippen molar-refractivity contribution in [2.45, 2.75) is 82.8 Å². The van der Waals surface area contributed by atoms with Crippen molar-refractivity contribution in [1.82, 2.24) is 15.5 Å². The summed E-state index contributed by atoms with van der Waals surface area (Å²) in [5, 5.41) is 6.38. The highest BCUT2D eigenvalue weighted by molar-refractivity contribution is 5.88. The van der Waals surface area contributed by atoms with E-state index in [0.717, 1.165) is 45.2 Å². The molecule has 0 aromatic heterocycles. The van der Waals surface area contributed by atoms with Crippen LogP contribution in [0.2, 0.25) is 0 Å². The first kappa shape index (κ1) is 19.5. The zero-order chi connectivity index (χ0) is 16.2. The summed E-state index contributed by atoms with van der Waals surface area (Å²) in [4.78, 5) is 27.1.